The van der Waals surface area contributed by atoms with E-state index in [4.69, 9.17) is 4.74 Å². The van der Waals surface area contributed by atoms with Gasteiger partial charge in [-0.2, -0.15) is 0 Å². The molecule has 7 nitrogen and oxygen atoms in total. The molecule has 0 radical (unpaired) electrons. The minimum Gasteiger partial charge on any atom is -0.479 e. The minimum absolute atomic E-state index is 0.219. The zero-order chi connectivity index (χ0) is 18.0. The summed E-state index contributed by atoms with van der Waals surface area (Å²) in [6, 6.07) is 5.35. The third-order valence-electron chi connectivity index (χ3n) is 3.14. The van der Waals surface area contributed by atoms with E-state index in [-0.39, 0.29) is 6.54 Å². The van der Waals surface area contributed by atoms with Gasteiger partial charge < -0.3 is 15.2 Å². The van der Waals surface area contributed by atoms with Crippen molar-refractivity contribution in [2.24, 2.45) is 4.99 Å². The molecular weight excluding hydrogens is 330 g/mol. The number of nitrogens with zero attached hydrogens (tertiary/aromatic N) is 2. The standard InChI is InChI=1S/C16H21N3O4S/c1-15(2,3)23-14(22)17-8-10-6-5-7-11(18-10)12-19-16(4,9-24-12)13(20)21/h5-7H,8-9H2,1-4H3,(H,17,22)(H,20,21)/t16-/m0/s1. The number of alkyl carbamates (subject to hydrolysis) is 1. The van der Waals surface area contributed by atoms with Crippen molar-refractivity contribution in [2.75, 3.05) is 5.75 Å². The number of aromatic nitrogens is 1. The predicted molar refractivity (Wildman–Crippen MR) is 92.3 cm³/mol. The average Bonchev–Trinajstić information content (AvgIpc) is 2.88. The van der Waals surface area contributed by atoms with Crippen LogP contribution < -0.4 is 5.32 Å². The van der Waals surface area contributed by atoms with Gasteiger partial charge in [0.2, 0.25) is 0 Å². The number of nitrogens with one attached hydrogen (secondary N) is 1. The average molecular weight is 351 g/mol. The van der Waals surface area contributed by atoms with Gasteiger partial charge in [0.1, 0.15) is 10.6 Å². The first-order chi connectivity index (χ1) is 11.1. The van der Waals surface area contributed by atoms with Crippen LogP contribution in [-0.2, 0) is 16.1 Å². The van der Waals surface area contributed by atoms with Crippen LogP contribution in [-0.4, -0.2) is 44.1 Å². The van der Waals surface area contributed by atoms with Crippen LogP contribution in [0.3, 0.4) is 0 Å². The Hall–Kier alpha value is -2.09. The lowest BCUT2D eigenvalue weighted by Crippen LogP contribution is -2.33. The van der Waals surface area contributed by atoms with Gasteiger partial charge in [0.25, 0.3) is 0 Å². The molecule has 0 aliphatic carbocycles. The molecule has 0 saturated heterocycles. The highest BCUT2D eigenvalue weighted by Gasteiger charge is 2.38. The number of aliphatic imine (C=N–C) groups is 1. The number of carboxylic acids is 1. The SMILES string of the molecule is CC(C)(C)OC(=O)NCc1cccc(C2=N[C@](C)(C(=O)O)CS2)n1. The largest absolute Gasteiger partial charge is 0.479 e. The summed E-state index contributed by atoms with van der Waals surface area (Å²) in [5, 5.41) is 12.5. The zero-order valence-electron chi connectivity index (χ0n) is 14.1. The van der Waals surface area contributed by atoms with E-state index in [0.717, 1.165) is 0 Å². The lowest BCUT2D eigenvalue weighted by Gasteiger charge is -2.19. The fraction of sp³-hybridized carbons (Fsp3) is 0.500. The number of rotatable bonds is 4. The van der Waals surface area contributed by atoms with E-state index < -0.39 is 23.2 Å². The topological polar surface area (TPSA) is 101 Å². The summed E-state index contributed by atoms with van der Waals surface area (Å²) in [5.74, 6) is -0.576. The highest BCUT2D eigenvalue weighted by molar-refractivity contribution is 8.14. The van der Waals surface area contributed by atoms with Gasteiger partial charge in [-0.15, -0.1) is 11.8 Å². The third kappa shape index (κ3) is 4.70. The van der Waals surface area contributed by atoms with Crippen LogP contribution in [0.15, 0.2) is 23.2 Å². The molecule has 0 unspecified atom stereocenters. The van der Waals surface area contributed by atoms with Crippen LogP contribution in [0, 0.1) is 0 Å². The Morgan fingerprint density at radius 2 is 2.12 bits per heavy atom. The Bertz CT molecular complexity index is 684. The fourth-order valence-electron chi connectivity index (χ4n) is 1.91. The van der Waals surface area contributed by atoms with Gasteiger partial charge in [-0.3, -0.25) is 4.99 Å². The van der Waals surface area contributed by atoms with Crippen LogP contribution in [0.5, 0.6) is 0 Å². The third-order valence-corrected chi connectivity index (χ3v) is 4.42. The number of pyridine rings is 1. The number of amides is 1. The van der Waals surface area contributed by atoms with E-state index in [1.54, 1.807) is 45.9 Å². The molecule has 0 saturated carbocycles. The number of ether oxygens (including phenoxy) is 1. The van der Waals surface area contributed by atoms with Crippen LogP contribution in [0.1, 0.15) is 39.1 Å². The van der Waals surface area contributed by atoms with Gasteiger partial charge in [-0.25, -0.2) is 14.6 Å². The van der Waals surface area contributed by atoms with E-state index in [1.807, 2.05) is 0 Å². The molecule has 1 atom stereocenters. The molecule has 130 valence electrons. The van der Waals surface area contributed by atoms with Crippen molar-refractivity contribution in [1.29, 1.82) is 0 Å². The quantitative estimate of drug-likeness (QED) is 0.864. The van der Waals surface area contributed by atoms with Crippen molar-refractivity contribution in [1.82, 2.24) is 10.3 Å². The number of hydrogen-bond acceptors (Lipinski definition) is 6. The van der Waals surface area contributed by atoms with Gasteiger partial charge >= 0.3 is 12.1 Å². The zero-order valence-corrected chi connectivity index (χ0v) is 14.9. The normalized spacial score (nSPS) is 20.4. The summed E-state index contributed by atoms with van der Waals surface area (Å²) in [6.45, 7) is 7.18. The van der Waals surface area contributed by atoms with Crippen molar-refractivity contribution in [2.45, 2.75) is 45.4 Å². The molecule has 1 aromatic heterocycles. The second-order valence-corrected chi connectivity index (χ2v) is 7.62. The number of thioether (sulfide) groups is 1. The lowest BCUT2D eigenvalue weighted by atomic mass is 10.1. The van der Waals surface area contributed by atoms with Crippen molar-refractivity contribution in [3.63, 3.8) is 0 Å². The second kappa shape index (κ2) is 6.80. The maximum atomic E-state index is 11.7. The molecule has 24 heavy (non-hydrogen) atoms. The second-order valence-electron chi connectivity index (χ2n) is 6.65. The molecule has 8 heteroatoms. The summed E-state index contributed by atoms with van der Waals surface area (Å²) < 4.78 is 5.17. The van der Waals surface area contributed by atoms with E-state index in [9.17, 15) is 14.7 Å². The summed E-state index contributed by atoms with van der Waals surface area (Å²) in [6.07, 6.45) is -0.513. The molecule has 0 fully saturated rings. The van der Waals surface area contributed by atoms with E-state index in [2.05, 4.69) is 15.3 Å². The Kier molecular flexibility index (Phi) is 5.17. The number of aliphatic carboxylic acids is 1. The van der Waals surface area contributed by atoms with Crippen molar-refractivity contribution >= 4 is 28.9 Å². The fourth-order valence-corrected chi connectivity index (χ4v) is 3.05. The molecule has 2 N–H and O–H groups in total. The molecular formula is C16H21N3O4S. The summed E-state index contributed by atoms with van der Waals surface area (Å²) in [4.78, 5) is 31.6. The molecule has 0 aromatic carbocycles. The van der Waals surface area contributed by atoms with E-state index in [0.29, 0.717) is 22.2 Å². The Morgan fingerprint density at radius 1 is 1.42 bits per heavy atom. The minimum atomic E-state index is -1.12. The molecule has 0 bridgehead atoms. The molecule has 1 aliphatic heterocycles. The van der Waals surface area contributed by atoms with Gasteiger partial charge in [-0.1, -0.05) is 6.07 Å². The van der Waals surface area contributed by atoms with Gasteiger partial charge in [-0.05, 0) is 39.8 Å². The Morgan fingerprint density at radius 3 is 2.71 bits per heavy atom. The Labute approximate surface area is 144 Å². The number of carboxylic acid groups (broad SMARTS) is 1. The Balaban J connectivity index is 2.05. The number of carbonyl (C=O) groups is 2. The van der Waals surface area contributed by atoms with Crippen LogP contribution in [0.25, 0.3) is 0 Å². The lowest BCUT2D eigenvalue weighted by molar-refractivity contribution is -0.141. The van der Waals surface area contributed by atoms with Crippen LogP contribution in [0.4, 0.5) is 4.79 Å². The summed E-state index contributed by atoms with van der Waals surface area (Å²) in [7, 11) is 0. The first-order valence-corrected chi connectivity index (χ1v) is 8.47. The molecule has 0 spiro atoms. The maximum Gasteiger partial charge on any atom is 0.407 e. The highest BCUT2D eigenvalue weighted by atomic mass is 32.2. The van der Waals surface area contributed by atoms with Crippen molar-refractivity contribution in [3.05, 3.63) is 29.6 Å². The van der Waals surface area contributed by atoms with Crippen LogP contribution in [0.2, 0.25) is 0 Å². The molecule has 1 aromatic rings. The van der Waals surface area contributed by atoms with E-state index in [1.165, 1.54) is 11.8 Å². The smallest absolute Gasteiger partial charge is 0.407 e. The maximum absolute atomic E-state index is 11.7. The van der Waals surface area contributed by atoms with Gasteiger partial charge in [0.15, 0.2) is 5.54 Å². The number of carbonyl (C=O) groups excluding carboxylic acids is 1. The summed E-state index contributed by atoms with van der Waals surface area (Å²) in [5.41, 5.74) is -0.429. The number of hydrogen-bond donors (Lipinski definition) is 2. The van der Waals surface area contributed by atoms with Crippen molar-refractivity contribution < 1.29 is 19.4 Å². The van der Waals surface area contributed by atoms with Gasteiger partial charge in [0, 0.05) is 5.75 Å². The molecule has 2 heterocycles. The summed E-state index contributed by atoms with van der Waals surface area (Å²) >= 11 is 1.37. The van der Waals surface area contributed by atoms with Gasteiger partial charge in [0.05, 0.1) is 17.9 Å². The van der Waals surface area contributed by atoms with Crippen LogP contribution >= 0.6 is 11.8 Å². The van der Waals surface area contributed by atoms with Crippen molar-refractivity contribution in [3.8, 4) is 0 Å². The van der Waals surface area contributed by atoms with E-state index >= 15 is 0 Å². The molecule has 1 amide bonds. The monoisotopic (exact) mass is 351 g/mol. The highest BCUT2D eigenvalue weighted by Crippen LogP contribution is 2.30. The first-order valence-electron chi connectivity index (χ1n) is 7.48. The molecule has 2 rings (SSSR count). The predicted octanol–water partition coefficient (Wildman–Crippen LogP) is 2.44. The molecule has 1 aliphatic rings. The first kappa shape index (κ1) is 18.3.